The van der Waals surface area contributed by atoms with Crippen molar-refractivity contribution in [2.45, 2.75) is 33.3 Å². The summed E-state index contributed by atoms with van der Waals surface area (Å²) in [7, 11) is 3.41. The van der Waals surface area contributed by atoms with Crippen LogP contribution in [-0.4, -0.2) is 38.3 Å². The molecule has 3 heterocycles. The van der Waals surface area contributed by atoms with Crippen molar-refractivity contribution in [3.63, 3.8) is 0 Å². The molecule has 3 aromatic rings. The molecule has 0 saturated carbocycles. The monoisotopic (exact) mass is 392 g/mol. The second-order valence-electron chi connectivity index (χ2n) is 7.70. The average Bonchev–Trinajstić information content (AvgIpc) is 3.00. The maximum Gasteiger partial charge on any atom is 0.415 e. The second kappa shape index (κ2) is 7.43. The summed E-state index contributed by atoms with van der Waals surface area (Å²) in [5.74, 6) is 6.60. The number of ether oxygens (including phenoxy) is 1. The lowest BCUT2D eigenvalue weighted by atomic mass is 10.2. The van der Waals surface area contributed by atoms with Crippen molar-refractivity contribution in [1.82, 2.24) is 19.5 Å². The van der Waals surface area contributed by atoms with Gasteiger partial charge in [-0.25, -0.2) is 19.7 Å². The molecule has 0 fully saturated rings. The molecule has 0 atom stereocenters. The van der Waals surface area contributed by atoms with Crippen molar-refractivity contribution in [2.75, 3.05) is 17.7 Å². The van der Waals surface area contributed by atoms with Crippen molar-refractivity contribution in [3.05, 3.63) is 41.5 Å². The Balaban J connectivity index is 2.10. The Morgan fingerprint density at radius 1 is 1.24 bits per heavy atom. The van der Waals surface area contributed by atoms with E-state index in [1.165, 1.54) is 4.90 Å². The normalized spacial score (nSPS) is 11.1. The Labute approximate surface area is 169 Å². The van der Waals surface area contributed by atoms with Gasteiger partial charge in [0.1, 0.15) is 22.6 Å². The van der Waals surface area contributed by atoms with Gasteiger partial charge in [0.05, 0.1) is 17.4 Å². The van der Waals surface area contributed by atoms with Crippen molar-refractivity contribution >= 4 is 28.8 Å². The van der Waals surface area contributed by atoms with Crippen molar-refractivity contribution in [2.24, 2.45) is 7.05 Å². The summed E-state index contributed by atoms with van der Waals surface area (Å²) in [5.41, 5.74) is 8.83. The molecule has 0 aliphatic heterocycles. The third-order valence-corrected chi connectivity index (χ3v) is 4.06. The molecule has 0 aliphatic rings. The molecule has 0 radical (unpaired) electrons. The minimum Gasteiger partial charge on any atom is -0.443 e. The van der Waals surface area contributed by atoms with Gasteiger partial charge in [-0.3, -0.25) is 4.90 Å². The van der Waals surface area contributed by atoms with Gasteiger partial charge in [-0.15, -0.1) is 0 Å². The first-order valence-corrected chi connectivity index (χ1v) is 9.09. The Bertz CT molecular complexity index is 1150. The molecule has 2 N–H and O–H groups in total. The molecule has 8 nitrogen and oxygen atoms in total. The number of aromatic nitrogens is 4. The van der Waals surface area contributed by atoms with E-state index < -0.39 is 11.7 Å². The summed E-state index contributed by atoms with van der Waals surface area (Å²) >= 11 is 0. The highest BCUT2D eigenvalue weighted by molar-refractivity contribution is 6.00. The zero-order chi connectivity index (χ0) is 21.3. The van der Waals surface area contributed by atoms with E-state index in [2.05, 4.69) is 26.8 Å². The molecule has 3 aromatic heterocycles. The standard InChI is InChI=1S/C21H24N6O2/c1-13-8-7-9-14(24-13)10-11-15-17-16(23-12-26(17)5)19(25-18(15)22)27(6)20(28)29-21(2,3)4/h7-9,12H,1-6H3,(H2,22,25). The highest BCUT2D eigenvalue weighted by atomic mass is 16.6. The highest BCUT2D eigenvalue weighted by Crippen LogP contribution is 2.29. The summed E-state index contributed by atoms with van der Waals surface area (Å²) in [6, 6.07) is 5.63. The van der Waals surface area contributed by atoms with Crippen LogP contribution in [0, 0.1) is 18.8 Å². The van der Waals surface area contributed by atoms with Crippen LogP contribution in [0.1, 0.15) is 37.7 Å². The summed E-state index contributed by atoms with van der Waals surface area (Å²) < 4.78 is 7.23. The van der Waals surface area contributed by atoms with E-state index in [0.717, 1.165) is 5.69 Å². The first kappa shape index (κ1) is 20.1. The number of anilines is 2. The number of nitrogens with zero attached hydrogens (tertiary/aromatic N) is 5. The van der Waals surface area contributed by atoms with Crippen LogP contribution >= 0.6 is 0 Å². The minimum atomic E-state index is -0.633. The zero-order valence-electron chi connectivity index (χ0n) is 17.4. The van der Waals surface area contributed by atoms with Crippen LogP contribution < -0.4 is 10.6 Å². The lowest BCUT2D eigenvalue weighted by Crippen LogP contribution is -2.34. The first-order valence-electron chi connectivity index (χ1n) is 9.09. The Hall–Kier alpha value is -3.60. The molecule has 8 heteroatoms. The molecule has 0 aliphatic carbocycles. The number of hydrogen-bond acceptors (Lipinski definition) is 6. The molecule has 0 spiro atoms. The Kier molecular flexibility index (Phi) is 5.16. The fourth-order valence-electron chi connectivity index (χ4n) is 2.75. The number of amides is 1. The van der Waals surface area contributed by atoms with Crippen LogP contribution in [0.3, 0.4) is 0 Å². The molecule has 3 rings (SSSR count). The Morgan fingerprint density at radius 2 is 1.97 bits per heavy atom. The highest BCUT2D eigenvalue weighted by Gasteiger charge is 2.25. The topological polar surface area (TPSA) is 99.2 Å². The van der Waals surface area contributed by atoms with Crippen molar-refractivity contribution in [3.8, 4) is 11.8 Å². The van der Waals surface area contributed by atoms with Crippen LogP contribution in [0.5, 0.6) is 0 Å². The van der Waals surface area contributed by atoms with Gasteiger partial charge in [-0.2, -0.15) is 0 Å². The van der Waals surface area contributed by atoms with Gasteiger partial charge in [-0.05, 0) is 45.7 Å². The van der Waals surface area contributed by atoms with Gasteiger partial charge in [0.2, 0.25) is 0 Å². The predicted octanol–water partition coefficient (Wildman–Crippen LogP) is 3.03. The number of aryl methyl sites for hydroxylation is 2. The number of imidazole rings is 1. The maximum absolute atomic E-state index is 12.5. The fourth-order valence-corrected chi connectivity index (χ4v) is 2.75. The maximum atomic E-state index is 12.5. The average molecular weight is 392 g/mol. The molecule has 0 saturated heterocycles. The lowest BCUT2D eigenvalue weighted by molar-refractivity contribution is 0.0588. The number of carbonyl (C=O) groups is 1. The number of carbonyl (C=O) groups excluding carboxylic acids is 1. The van der Waals surface area contributed by atoms with Gasteiger partial charge < -0.3 is 15.0 Å². The van der Waals surface area contributed by atoms with Crippen LogP contribution in [0.15, 0.2) is 24.5 Å². The number of pyridine rings is 2. The molecule has 150 valence electrons. The molecule has 0 unspecified atom stereocenters. The van der Waals surface area contributed by atoms with Crippen LogP contribution in [0.25, 0.3) is 11.0 Å². The van der Waals surface area contributed by atoms with E-state index in [1.54, 1.807) is 38.7 Å². The van der Waals surface area contributed by atoms with Crippen LogP contribution in [0.4, 0.5) is 16.4 Å². The number of hydrogen-bond donors (Lipinski definition) is 1. The van der Waals surface area contributed by atoms with E-state index in [9.17, 15) is 4.79 Å². The third kappa shape index (κ3) is 4.29. The second-order valence-corrected chi connectivity index (χ2v) is 7.70. The van der Waals surface area contributed by atoms with Crippen molar-refractivity contribution in [1.29, 1.82) is 0 Å². The molecule has 1 amide bonds. The fraction of sp³-hybridized carbons (Fsp3) is 0.333. The summed E-state index contributed by atoms with van der Waals surface area (Å²) in [6.07, 6.45) is 1.09. The van der Waals surface area contributed by atoms with Gasteiger partial charge >= 0.3 is 6.09 Å². The molecule has 0 aromatic carbocycles. The number of fused-ring (bicyclic) bond motifs is 1. The largest absolute Gasteiger partial charge is 0.443 e. The van der Waals surface area contributed by atoms with Gasteiger partial charge in [-0.1, -0.05) is 12.0 Å². The van der Waals surface area contributed by atoms with Crippen LogP contribution in [0.2, 0.25) is 0 Å². The van der Waals surface area contributed by atoms with Crippen molar-refractivity contribution < 1.29 is 9.53 Å². The van der Waals surface area contributed by atoms with Gasteiger partial charge in [0.15, 0.2) is 5.82 Å². The number of nitrogen functional groups attached to an aromatic ring is 1. The molecule has 0 bridgehead atoms. The summed E-state index contributed by atoms with van der Waals surface area (Å²) in [6.45, 7) is 7.31. The van der Waals surface area contributed by atoms with E-state index >= 15 is 0 Å². The first-order chi connectivity index (χ1) is 13.6. The SMILES string of the molecule is Cc1cccc(C#Cc2c(N)nc(N(C)C(=O)OC(C)(C)C)c3ncn(C)c23)n1. The molecule has 29 heavy (non-hydrogen) atoms. The van der Waals surface area contributed by atoms with Gasteiger partial charge in [0, 0.05) is 19.8 Å². The third-order valence-electron chi connectivity index (χ3n) is 4.06. The minimum absolute atomic E-state index is 0.201. The van der Waals surface area contributed by atoms with E-state index in [1.807, 2.05) is 32.2 Å². The van der Waals surface area contributed by atoms with Crippen LogP contribution in [-0.2, 0) is 11.8 Å². The summed E-state index contributed by atoms with van der Waals surface area (Å²) in [4.78, 5) is 27.0. The quantitative estimate of drug-likeness (QED) is 0.639. The Morgan fingerprint density at radius 3 is 2.62 bits per heavy atom. The van der Waals surface area contributed by atoms with E-state index in [4.69, 9.17) is 10.5 Å². The summed E-state index contributed by atoms with van der Waals surface area (Å²) in [5, 5.41) is 0. The lowest BCUT2D eigenvalue weighted by Gasteiger charge is -2.24. The van der Waals surface area contributed by atoms with E-state index in [0.29, 0.717) is 28.1 Å². The number of rotatable bonds is 1. The predicted molar refractivity (Wildman–Crippen MR) is 113 cm³/mol. The zero-order valence-corrected chi connectivity index (χ0v) is 17.4. The van der Waals surface area contributed by atoms with E-state index in [-0.39, 0.29) is 5.82 Å². The smallest absolute Gasteiger partial charge is 0.415 e. The van der Waals surface area contributed by atoms with Gasteiger partial charge in [0.25, 0.3) is 0 Å². The number of nitrogens with two attached hydrogens (primary N) is 1. The molecular formula is C21H24N6O2. The molecular weight excluding hydrogens is 368 g/mol.